The Labute approximate surface area is 482 Å². The summed E-state index contributed by atoms with van der Waals surface area (Å²) in [6.45, 7) is 18.6. The molecule has 3 saturated heterocycles. The highest BCUT2D eigenvalue weighted by atomic mass is 31.2. The van der Waals surface area contributed by atoms with Crippen molar-refractivity contribution in [1.82, 2.24) is 9.80 Å². The van der Waals surface area contributed by atoms with E-state index in [1.54, 1.807) is 46.6 Å². The van der Waals surface area contributed by atoms with Crippen molar-refractivity contribution in [2.75, 3.05) is 53.8 Å². The van der Waals surface area contributed by atoms with Crippen molar-refractivity contribution in [3.63, 3.8) is 0 Å². The third-order valence-corrected chi connectivity index (χ3v) is 23.3. The molecule has 2 aromatic rings. The maximum atomic E-state index is 14.8. The normalized spacial score (nSPS) is 36.3. The van der Waals surface area contributed by atoms with Gasteiger partial charge in [-0.3, -0.25) is 9.59 Å². The summed E-state index contributed by atoms with van der Waals surface area (Å²) in [4.78, 5) is 33.0. The van der Waals surface area contributed by atoms with Gasteiger partial charge in [0.15, 0.2) is 6.29 Å². The Balaban J connectivity index is 1.32. The van der Waals surface area contributed by atoms with E-state index >= 15 is 0 Å². The Morgan fingerprint density at radius 1 is 0.775 bits per heavy atom. The summed E-state index contributed by atoms with van der Waals surface area (Å²) in [7, 11) is 5.48. The van der Waals surface area contributed by atoms with E-state index in [0.717, 1.165) is 51.0 Å². The smallest absolute Gasteiger partial charge is 0.309 e. The average molecular weight is 1140 g/mol. The Hall–Kier alpha value is -2.63. The number of amides is 1. The molecule has 5 N–H and O–H groups in total. The number of nitrogens with zero attached hydrogens (tertiary/aromatic N) is 2. The lowest BCUT2D eigenvalue weighted by atomic mass is 9.68. The van der Waals surface area contributed by atoms with Gasteiger partial charge in [0.1, 0.15) is 30.0 Å². The van der Waals surface area contributed by atoms with Gasteiger partial charge in [0, 0.05) is 45.6 Å². The number of carbonyl (C=O) groups excluding carboxylic acids is 2. The number of likely N-dealkylation sites (N-methyl/N-ethyl adjacent to an activating group) is 1. The number of cyclic esters (lactones) is 1. The molecule has 0 aliphatic carbocycles. The van der Waals surface area contributed by atoms with Crippen molar-refractivity contribution >= 4 is 29.7 Å². The third kappa shape index (κ3) is 17.0. The first-order valence-corrected chi connectivity index (χ1v) is 32.6. The number of methoxy groups -OCH3 is 2. The summed E-state index contributed by atoms with van der Waals surface area (Å²) in [6, 6.07) is 20.8. The number of unbranched alkanes of at least 4 members (excludes halogenated alkanes) is 8. The first-order valence-electron chi connectivity index (χ1n) is 30.4. The highest BCUT2D eigenvalue weighted by Gasteiger charge is 2.55. The van der Waals surface area contributed by atoms with Crippen molar-refractivity contribution < 1.29 is 63.5 Å². The SMILES string of the molecule is CC[C@H]1OC(=O)[C@H](C)[C@@H](C2C[C@@](C)(OC)[C@@H](O)[C@H](C)O2)[C@H](C)[C@@H](O[C@@H]2O[C@H](C)C[C@H](N(C)C)[C@H]2O)[C@](C)(O)C[C@@H](C)CN(C(=O)CCCCCCCCCCC[P+](CCOC)(c2ccccc2)c2ccccc2)[C@H](C)[C@@H](O)[C@]1(C)O. The zero-order valence-electron chi connectivity index (χ0n) is 51.5. The largest absolute Gasteiger partial charge is 0.459 e. The molecule has 3 aliphatic rings. The highest BCUT2D eigenvalue weighted by Crippen LogP contribution is 2.57. The molecule has 1 amide bonds. The lowest BCUT2D eigenvalue weighted by molar-refractivity contribution is -0.302. The molecule has 0 bridgehead atoms. The molecule has 3 fully saturated rings. The van der Waals surface area contributed by atoms with Gasteiger partial charge in [-0.25, -0.2) is 0 Å². The Bertz CT molecular complexity index is 2100. The van der Waals surface area contributed by atoms with Crippen LogP contribution in [0.4, 0.5) is 0 Å². The summed E-state index contributed by atoms with van der Waals surface area (Å²) < 4.78 is 37.8. The minimum atomic E-state index is -1.98. The molecular formula is C64H108N2O13P+. The van der Waals surface area contributed by atoms with Crippen LogP contribution in [0.5, 0.6) is 0 Å². The fourth-order valence-corrected chi connectivity index (χ4v) is 18.2. The molecule has 5 rings (SSSR count). The van der Waals surface area contributed by atoms with Crippen LogP contribution in [0.2, 0.25) is 0 Å². The quantitative estimate of drug-likeness (QED) is 0.0405. The zero-order valence-corrected chi connectivity index (χ0v) is 52.4. The van der Waals surface area contributed by atoms with Crippen LogP contribution >= 0.6 is 7.26 Å². The number of aliphatic hydroxyl groups excluding tert-OH is 3. The molecule has 18 atom stereocenters. The van der Waals surface area contributed by atoms with Gasteiger partial charge in [0.25, 0.3) is 0 Å². The predicted octanol–water partition coefficient (Wildman–Crippen LogP) is 8.29. The summed E-state index contributed by atoms with van der Waals surface area (Å²) in [6.07, 6.45) is 4.14. The lowest BCUT2D eigenvalue weighted by Gasteiger charge is -2.51. The lowest BCUT2D eigenvalue weighted by Crippen LogP contribution is -2.61. The Morgan fingerprint density at radius 2 is 1.34 bits per heavy atom. The third-order valence-electron chi connectivity index (χ3n) is 18.7. The van der Waals surface area contributed by atoms with E-state index in [1.807, 2.05) is 46.7 Å². The van der Waals surface area contributed by atoms with Crippen LogP contribution in [0.1, 0.15) is 159 Å². The second kappa shape index (κ2) is 31.0. The van der Waals surface area contributed by atoms with Crippen LogP contribution in [-0.4, -0.2) is 185 Å². The molecule has 1 unspecified atom stereocenters. The fourth-order valence-electron chi connectivity index (χ4n) is 13.9. The van der Waals surface area contributed by atoms with Crippen LogP contribution in [0.25, 0.3) is 0 Å². The molecule has 3 heterocycles. The molecule has 15 nitrogen and oxygen atoms in total. The van der Waals surface area contributed by atoms with Gasteiger partial charge in [0.05, 0.1) is 84.4 Å². The van der Waals surface area contributed by atoms with Crippen LogP contribution in [0.3, 0.4) is 0 Å². The van der Waals surface area contributed by atoms with E-state index < -0.39 is 103 Å². The van der Waals surface area contributed by atoms with E-state index in [2.05, 4.69) is 60.7 Å². The van der Waals surface area contributed by atoms with Gasteiger partial charge >= 0.3 is 5.97 Å². The topological polar surface area (TPSA) is 197 Å². The summed E-state index contributed by atoms with van der Waals surface area (Å²) in [5.41, 5.74) is -4.71. The molecular weight excluding hydrogens is 1040 g/mol. The number of hydrogen-bond acceptors (Lipinski definition) is 14. The monoisotopic (exact) mass is 1140 g/mol. The molecule has 80 heavy (non-hydrogen) atoms. The number of ether oxygens (including phenoxy) is 6. The summed E-state index contributed by atoms with van der Waals surface area (Å²) >= 11 is 0. The standard InChI is InChI=1S/C64H108N2O13P/c1-15-53-64(10,73)57(69)47(6)66(54(67)35-29-21-19-17-16-18-20-22-30-37-80(38-36-74-13,49-31-25-23-26-32-49)50-33-27-24-28-34-50)42-43(2)40-62(8,72)59(79-61-56(68)51(65(11)12)39-44(3)76-61)45(4)55(46(5)60(71)78-53)52-41-63(9,75-14)58(70)48(7)77-52/h23-28,31-34,43-48,51-53,55-59,61,68-70,72-73H,15-22,29-30,35-42H2,1-14H3/q+1/t43-,44-,45+,46-,47-,48+,51+,52?,53-,55+,56-,57-,58+,59-,61+,62-,63-,64-/m1/s1. The Morgan fingerprint density at radius 3 is 1.88 bits per heavy atom. The molecule has 0 spiro atoms. The van der Waals surface area contributed by atoms with Crippen molar-refractivity contribution in [3.8, 4) is 0 Å². The van der Waals surface area contributed by atoms with E-state index in [4.69, 9.17) is 28.4 Å². The van der Waals surface area contributed by atoms with E-state index in [-0.39, 0.29) is 56.2 Å². The average Bonchev–Trinajstić information content (AvgIpc) is 3.42. The molecule has 456 valence electrons. The zero-order chi connectivity index (χ0) is 59.2. The minimum Gasteiger partial charge on any atom is -0.459 e. The molecule has 0 radical (unpaired) electrons. The van der Waals surface area contributed by atoms with E-state index in [0.29, 0.717) is 12.8 Å². The Kier molecular flexibility index (Phi) is 26.4. The van der Waals surface area contributed by atoms with Crippen molar-refractivity contribution in [2.45, 2.75) is 243 Å². The minimum absolute atomic E-state index is 0.107. The van der Waals surface area contributed by atoms with Gasteiger partial charge in [0.2, 0.25) is 5.91 Å². The molecule has 0 saturated carbocycles. The molecule has 3 aliphatic heterocycles. The summed E-state index contributed by atoms with van der Waals surface area (Å²) in [5, 5.41) is 63.7. The fraction of sp³-hybridized carbons (Fsp3) is 0.781. The van der Waals surface area contributed by atoms with E-state index in [1.165, 1.54) is 43.9 Å². The second-order valence-corrected chi connectivity index (χ2v) is 29.2. The van der Waals surface area contributed by atoms with Crippen molar-refractivity contribution in [3.05, 3.63) is 60.7 Å². The van der Waals surface area contributed by atoms with Crippen LogP contribution < -0.4 is 10.6 Å². The number of esters is 1. The van der Waals surface area contributed by atoms with Crippen LogP contribution in [-0.2, 0) is 38.0 Å². The number of aliphatic hydroxyl groups is 5. The van der Waals surface area contributed by atoms with Gasteiger partial charge in [-0.2, -0.15) is 0 Å². The predicted molar refractivity (Wildman–Crippen MR) is 319 cm³/mol. The molecule has 2 aromatic carbocycles. The highest BCUT2D eigenvalue weighted by molar-refractivity contribution is 7.89. The molecule has 16 heteroatoms. The number of carbonyl (C=O) groups is 2. The van der Waals surface area contributed by atoms with Gasteiger partial charge in [-0.1, -0.05) is 103 Å². The van der Waals surface area contributed by atoms with Gasteiger partial charge in [-0.05, 0) is 130 Å². The number of benzene rings is 2. The van der Waals surface area contributed by atoms with E-state index in [9.17, 15) is 35.1 Å². The van der Waals surface area contributed by atoms with Crippen LogP contribution in [0.15, 0.2) is 60.7 Å². The van der Waals surface area contributed by atoms with Crippen LogP contribution in [0, 0.1) is 23.7 Å². The van der Waals surface area contributed by atoms with Gasteiger partial charge < -0.3 is 63.8 Å². The summed E-state index contributed by atoms with van der Waals surface area (Å²) in [5.74, 6) is -3.62. The van der Waals surface area contributed by atoms with Crippen molar-refractivity contribution in [1.29, 1.82) is 0 Å². The second-order valence-electron chi connectivity index (χ2n) is 25.4. The maximum absolute atomic E-state index is 14.8. The van der Waals surface area contributed by atoms with Gasteiger partial charge in [-0.15, -0.1) is 0 Å². The first-order chi connectivity index (χ1) is 37.8. The maximum Gasteiger partial charge on any atom is 0.309 e. The number of rotatable bonds is 23. The first kappa shape index (κ1) is 68.2. The number of hydrogen-bond donors (Lipinski definition) is 5. The molecule has 0 aromatic heterocycles. The van der Waals surface area contributed by atoms with Crippen molar-refractivity contribution in [2.24, 2.45) is 23.7 Å².